The van der Waals surface area contributed by atoms with Crippen molar-refractivity contribution in [3.8, 4) is 11.5 Å². The molecule has 2 unspecified atom stereocenters. The normalized spacial score (nSPS) is 13.0. The van der Waals surface area contributed by atoms with Gasteiger partial charge in [-0.25, -0.2) is 0 Å². The Morgan fingerprint density at radius 1 is 0.750 bits per heavy atom. The number of thioether (sulfide) groups is 1. The van der Waals surface area contributed by atoms with Gasteiger partial charge in [0.15, 0.2) is 0 Å². The lowest BCUT2D eigenvalue weighted by Gasteiger charge is -2.26. The van der Waals surface area contributed by atoms with Crippen LogP contribution in [0.1, 0.15) is 58.1 Å². The summed E-state index contributed by atoms with van der Waals surface area (Å²) in [6.07, 6.45) is 1.54. The molecule has 222 valence electrons. The van der Waals surface area contributed by atoms with Crippen LogP contribution in [0.2, 0.25) is 0 Å². The molecule has 8 nitrogen and oxygen atoms in total. The Kier molecular flexibility index (Phi) is 14.3. The summed E-state index contributed by atoms with van der Waals surface area (Å²) in [7, 11) is 0. The number of carbonyl (C=O) groups is 2. The van der Waals surface area contributed by atoms with Crippen LogP contribution in [0.4, 0.5) is 0 Å². The SMILES string of the molecule is CSCCC(=O)OCC(O)COc1ccc(C(C)(C)c2ccc(OCC(O)COC(=O)CCC(C)C)cc2)cc1. The van der Waals surface area contributed by atoms with Crippen molar-refractivity contribution >= 4 is 23.7 Å². The smallest absolute Gasteiger partial charge is 0.306 e. The van der Waals surface area contributed by atoms with E-state index < -0.39 is 12.2 Å². The second-order valence-electron chi connectivity index (χ2n) is 10.6. The molecule has 9 heteroatoms. The number of hydrogen-bond acceptors (Lipinski definition) is 9. The molecule has 0 aliphatic carbocycles. The molecule has 0 spiro atoms. The number of benzene rings is 2. The van der Waals surface area contributed by atoms with Crippen LogP contribution < -0.4 is 9.47 Å². The summed E-state index contributed by atoms with van der Waals surface area (Å²) in [5.41, 5.74) is 1.85. The van der Waals surface area contributed by atoms with Crippen molar-refractivity contribution in [1.82, 2.24) is 0 Å². The number of esters is 2. The molecule has 0 aliphatic rings. The predicted octanol–water partition coefficient (Wildman–Crippen LogP) is 4.77. The maximum absolute atomic E-state index is 11.7. The van der Waals surface area contributed by atoms with E-state index in [1.807, 2.05) is 68.6 Å². The molecular weight excluding hydrogens is 532 g/mol. The molecule has 0 saturated carbocycles. The van der Waals surface area contributed by atoms with E-state index in [2.05, 4.69) is 13.8 Å². The zero-order chi connectivity index (χ0) is 29.5. The van der Waals surface area contributed by atoms with Crippen LogP contribution in [0.3, 0.4) is 0 Å². The van der Waals surface area contributed by atoms with Crippen molar-refractivity contribution in [1.29, 1.82) is 0 Å². The highest BCUT2D eigenvalue weighted by molar-refractivity contribution is 7.98. The highest BCUT2D eigenvalue weighted by Crippen LogP contribution is 2.33. The van der Waals surface area contributed by atoms with E-state index in [0.717, 1.165) is 17.5 Å². The Balaban J connectivity index is 1.81. The molecule has 40 heavy (non-hydrogen) atoms. The molecule has 0 bridgehead atoms. The van der Waals surface area contributed by atoms with Gasteiger partial charge in [-0.05, 0) is 54.0 Å². The van der Waals surface area contributed by atoms with Gasteiger partial charge in [0.1, 0.15) is 50.1 Å². The minimum Gasteiger partial charge on any atom is -0.491 e. The van der Waals surface area contributed by atoms with E-state index in [9.17, 15) is 19.8 Å². The van der Waals surface area contributed by atoms with Crippen LogP contribution in [-0.2, 0) is 24.5 Å². The van der Waals surface area contributed by atoms with Crippen molar-refractivity contribution < 1.29 is 38.7 Å². The molecule has 0 amide bonds. The van der Waals surface area contributed by atoms with E-state index in [4.69, 9.17) is 18.9 Å². The molecule has 0 aromatic heterocycles. The minimum absolute atomic E-state index is 0.0231. The van der Waals surface area contributed by atoms with Crippen LogP contribution in [0, 0.1) is 5.92 Å². The van der Waals surface area contributed by atoms with Crippen molar-refractivity contribution in [3.63, 3.8) is 0 Å². The lowest BCUT2D eigenvalue weighted by molar-refractivity contribution is -0.147. The monoisotopic (exact) mass is 576 g/mol. The third kappa shape index (κ3) is 12.2. The Hall–Kier alpha value is -2.75. The molecule has 2 aromatic carbocycles. The van der Waals surface area contributed by atoms with Crippen molar-refractivity contribution in [2.75, 3.05) is 38.4 Å². The minimum atomic E-state index is -0.902. The maximum Gasteiger partial charge on any atom is 0.306 e. The summed E-state index contributed by atoms with van der Waals surface area (Å²) >= 11 is 1.57. The van der Waals surface area contributed by atoms with E-state index in [0.29, 0.717) is 36.0 Å². The number of aliphatic hydroxyl groups excluding tert-OH is 2. The number of hydrogen-bond donors (Lipinski definition) is 2. The average Bonchev–Trinajstić information content (AvgIpc) is 2.95. The van der Waals surface area contributed by atoms with Gasteiger partial charge in [0.25, 0.3) is 0 Å². The first-order valence-electron chi connectivity index (χ1n) is 13.6. The Morgan fingerprint density at radius 2 is 1.18 bits per heavy atom. The van der Waals surface area contributed by atoms with Crippen LogP contribution in [0.25, 0.3) is 0 Å². The second-order valence-corrected chi connectivity index (χ2v) is 11.6. The topological polar surface area (TPSA) is 112 Å². The van der Waals surface area contributed by atoms with Gasteiger partial charge in [-0.3, -0.25) is 9.59 Å². The van der Waals surface area contributed by atoms with Gasteiger partial charge in [-0.1, -0.05) is 52.0 Å². The van der Waals surface area contributed by atoms with Gasteiger partial charge in [0.05, 0.1) is 6.42 Å². The third-order valence-electron chi connectivity index (χ3n) is 6.35. The van der Waals surface area contributed by atoms with Gasteiger partial charge in [-0.2, -0.15) is 11.8 Å². The Bertz CT molecular complexity index is 1020. The van der Waals surface area contributed by atoms with E-state index in [-0.39, 0.29) is 43.8 Å². The molecular formula is C31H44O8S. The van der Waals surface area contributed by atoms with Crippen LogP contribution in [0.15, 0.2) is 48.5 Å². The zero-order valence-electron chi connectivity index (χ0n) is 24.3. The standard InChI is InChI=1S/C31H44O8S/c1-22(2)6-15-29(34)38-20-25(32)18-36-27-11-7-23(8-12-27)31(3,4)24-9-13-28(14-10-24)37-19-26(33)21-39-30(35)16-17-40-5/h7-14,22,25-26,32-33H,6,15-21H2,1-5H3. The number of carbonyl (C=O) groups excluding carboxylic acids is 2. The molecule has 2 atom stereocenters. The van der Waals surface area contributed by atoms with Gasteiger partial charge in [0, 0.05) is 17.6 Å². The van der Waals surface area contributed by atoms with Crippen molar-refractivity contribution in [3.05, 3.63) is 59.7 Å². The lowest BCUT2D eigenvalue weighted by atomic mass is 9.78. The molecule has 0 fully saturated rings. The summed E-state index contributed by atoms with van der Waals surface area (Å²) in [5, 5.41) is 20.1. The number of ether oxygens (including phenoxy) is 4. The number of rotatable bonds is 18. The molecule has 0 saturated heterocycles. The highest BCUT2D eigenvalue weighted by atomic mass is 32.2. The largest absolute Gasteiger partial charge is 0.491 e. The van der Waals surface area contributed by atoms with Gasteiger partial charge < -0.3 is 29.2 Å². The first kappa shape index (κ1) is 33.5. The molecule has 0 heterocycles. The molecule has 0 radical (unpaired) electrons. The van der Waals surface area contributed by atoms with Gasteiger partial charge >= 0.3 is 11.9 Å². The van der Waals surface area contributed by atoms with Gasteiger partial charge in [-0.15, -0.1) is 0 Å². The second kappa shape index (κ2) is 17.1. The third-order valence-corrected chi connectivity index (χ3v) is 6.96. The van der Waals surface area contributed by atoms with E-state index >= 15 is 0 Å². The van der Waals surface area contributed by atoms with Gasteiger partial charge in [0.2, 0.25) is 0 Å². The van der Waals surface area contributed by atoms with E-state index in [1.54, 1.807) is 11.8 Å². The summed E-state index contributed by atoms with van der Waals surface area (Å²) in [6.45, 7) is 8.18. The fourth-order valence-corrected chi connectivity index (χ4v) is 4.07. The summed E-state index contributed by atoms with van der Waals surface area (Å²) in [5.74, 6) is 1.70. The molecule has 2 aromatic rings. The molecule has 2 rings (SSSR count). The lowest BCUT2D eigenvalue weighted by Crippen LogP contribution is -2.25. The van der Waals surface area contributed by atoms with Crippen molar-refractivity contribution in [2.45, 2.75) is 64.6 Å². The number of aliphatic hydroxyl groups is 2. The fraction of sp³-hybridized carbons (Fsp3) is 0.548. The fourth-order valence-electron chi connectivity index (χ4n) is 3.70. The van der Waals surface area contributed by atoms with Crippen LogP contribution in [-0.4, -0.2) is 72.8 Å². The molecule has 0 aliphatic heterocycles. The van der Waals surface area contributed by atoms with Crippen molar-refractivity contribution in [2.24, 2.45) is 5.92 Å². The summed E-state index contributed by atoms with van der Waals surface area (Å²) in [4.78, 5) is 23.3. The quantitative estimate of drug-likeness (QED) is 0.243. The zero-order valence-corrected chi connectivity index (χ0v) is 25.1. The summed E-state index contributed by atoms with van der Waals surface area (Å²) in [6, 6.07) is 15.3. The first-order valence-corrected chi connectivity index (χ1v) is 15.0. The highest BCUT2D eigenvalue weighted by Gasteiger charge is 2.23. The Labute approximate surface area is 242 Å². The Morgan fingerprint density at radius 3 is 1.57 bits per heavy atom. The van der Waals surface area contributed by atoms with Crippen LogP contribution in [0.5, 0.6) is 11.5 Å². The van der Waals surface area contributed by atoms with E-state index in [1.165, 1.54) is 0 Å². The maximum atomic E-state index is 11.7. The first-order chi connectivity index (χ1) is 19.0. The predicted molar refractivity (Wildman–Crippen MR) is 157 cm³/mol. The summed E-state index contributed by atoms with van der Waals surface area (Å²) < 4.78 is 21.5. The van der Waals surface area contributed by atoms with Crippen LogP contribution >= 0.6 is 11.8 Å². The molecule has 2 N–H and O–H groups in total. The average molecular weight is 577 g/mol.